The monoisotopic (exact) mass is 400 g/mol. The summed E-state index contributed by atoms with van der Waals surface area (Å²) >= 11 is 0. The summed E-state index contributed by atoms with van der Waals surface area (Å²) in [7, 11) is 0. The Kier molecular flexibility index (Phi) is 7.02. The van der Waals surface area contributed by atoms with Gasteiger partial charge in [0.1, 0.15) is 5.60 Å². The second-order valence-electron chi connectivity index (χ2n) is 9.46. The van der Waals surface area contributed by atoms with Crippen LogP contribution in [0.15, 0.2) is 12.1 Å². The van der Waals surface area contributed by atoms with Crippen LogP contribution in [0.3, 0.4) is 0 Å². The summed E-state index contributed by atoms with van der Waals surface area (Å²) in [5, 5.41) is 9.26. The number of carbonyl (C=O) groups excluding carboxylic acids is 1. The molecule has 0 radical (unpaired) electrons. The highest BCUT2D eigenvalue weighted by atomic mass is 16.5. The van der Waals surface area contributed by atoms with Gasteiger partial charge < -0.3 is 9.84 Å². The summed E-state index contributed by atoms with van der Waals surface area (Å²) < 4.78 is 5.23. The fourth-order valence-electron chi connectivity index (χ4n) is 4.58. The lowest BCUT2D eigenvalue weighted by molar-refractivity contribution is -0.143. The molecule has 0 spiro atoms. The maximum Gasteiger partial charge on any atom is 0.309 e. The van der Waals surface area contributed by atoms with Crippen LogP contribution in [0.25, 0.3) is 0 Å². The van der Waals surface area contributed by atoms with Crippen LogP contribution in [0.1, 0.15) is 92.9 Å². The zero-order valence-corrected chi connectivity index (χ0v) is 18.1. The first-order valence-corrected chi connectivity index (χ1v) is 11.3. The summed E-state index contributed by atoms with van der Waals surface area (Å²) in [6, 6.07) is 4.70. The Bertz CT molecular complexity index is 729. The molecule has 160 valence electrons. The Balaban J connectivity index is 1.38. The molecule has 4 nitrogen and oxygen atoms in total. The van der Waals surface area contributed by atoms with Gasteiger partial charge in [-0.15, -0.1) is 0 Å². The molecule has 0 bridgehead atoms. The number of carboxylic acid groups (broad SMARTS) is 1. The minimum absolute atomic E-state index is 0.125. The predicted molar refractivity (Wildman–Crippen MR) is 114 cm³/mol. The standard InChI is InChI=1S/C25H36O4/c1-19-17-22(9-5-7-11-25(14-15-25)29-18-26)20(2)16-21(19)8-4-3-6-10-24(12-13-24)23(27)28/h16-18H,3-15H2,1-2H3,(H,27,28). The first kappa shape index (κ1) is 21.9. The van der Waals surface area contributed by atoms with Gasteiger partial charge in [-0.3, -0.25) is 9.59 Å². The zero-order chi connectivity index (χ0) is 20.9. The number of aryl methyl sites for hydroxylation is 4. The van der Waals surface area contributed by atoms with Crippen LogP contribution in [-0.4, -0.2) is 23.1 Å². The van der Waals surface area contributed by atoms with Crippen molar-refractivity contribution < 1.29 is 19.4 Å². The van der Waals surface area contributed by atoms with E-state index in [0.29, 0.717) is 6.47 Å². The Hall–Kier alpha value is -1.84. The van der Waals surface area contributed by atoms with Gasteiger partial charge in [0.15, 0.2) is 0 Å². The van der Waals surface area contributed by atoms with Crippen molar-refractivity contribution in [1.82, 2.24) is 0 Å². The maximum absolute atomic E-state index is 11.2. The second kappa shape index (κ2) is 9.32. The Morgan fingerprint density at radius 3 is 1.97 bits per heavy atom. The average molecular weight is 401 g/mol. The molecule has 2 saturated carbocycles. The van der Waals surface area contributed by atoms with E-state index in [-0.39, 0.29) is 11.0 Å². The summed E-state index contributed by atoms with van der Waals surface area (Å²) in [5.74, 6) is -0.594. The fourth-order valence-corrected chi connectivity index (χ4v) is 4.58. The third kappa shape index (κ3) is 5.83. The fraction of sp³-hybridized carbons (Fsp3) is 0.680. The van der Waals surface area contributed by atoms with E-state index in [9.17, 15) is 14.7 Å². The van der Waals surface area contributed by atoms with Gasteiger partial charge in [-0.05, 0) is 107 Å². The lowest BCUT2D eigenvalue weighted by Gasteiger charge is -2.15. The highest BCUT2D eigenvalue weighted by Gasteiger charge is 2.49. The molecule has 1 aromatic carbocycles. The van der Waals surface area contributed by atoms with E-state index >= 15 is 0 Å². The highest BCUT2D eigenvalue weighted by Crippen LogP contribution is 2.50. The third-order valence-electron chi connectivity index (χ3n) is 7.14. The Morgan fingerprint density at radius 1 is 0.931 bits per heavy atom. The summed E-state index contributed by atoms with van der Waals surface area (Å²) in [4.78, 5) is 21.8. The van der Waals surface area contributed by atoms with Gasteiger partial charge in [-0.2, -0.15) is 0 Å². The lowest BCUT2D eigenvalue weighted by Crippen LogP contribution is -2.14. The molecule has 2 aliphatic carbocycles. The number of benzene rings is 1. The highest BCUT2D eigenvalue weighted by molar-refractivity contribution is 5.77. The molecule has 0 heterocycles. The molecule has 0 aromatic heterocycles. The Morgan fingerprint density at radius 2 is 1.48 bits per heavy atom. The van der Waals surface area contributed by atoms with Gasteiger partial charge in [0, 0.05) is 0 Å². The quantitative estimate of drug-likeness (QED) is 0.322. The van der Waals surface area contributed by atoms with Gasteiger partial charge >= 0.3 is 5.97 Å². The molecule has 1 N–H and O–H groups in total. The molecule has 3 rings (SSSR count). The molecular weight excluding hydrogens is 364 g/mol. The average Bonchev–Trinajstić information content (AvgIpc) is 3.59. The van der Waals surface area contributed by atoms with Crippen molar-refractivity contribution in [2.24, 2.45) is 5.41 Å². The van der Waals surface area contributed by atoms with Crippen molar-refractivity contribution >= 4 is 12.4 Å². The SMILES string of the molecule is Cc1cc(CCCCC2(OC=O)CC2)c(C)cc1CCCCCC1(C(=O)O)CC1. The smallest absolute Gasteiger partial charge is 0.309 e. The van der Waals surface area contributed by atoms with E-state index in [2.05, 4.69) is 26.0 Å². The molecule has 0 aliphatic heterocycles. The normalized spacial score (nSPS) is 18.3. The zero-order valence-electron chi connectivity index (χ0n) is 18.1. The molecule has 0 amide bonds. The van der Waals surface area contributed by atoms with E-state index in [1.165, 1.54) is 22.3 Å². The van der Waals surface area contributed by atoms with Crippen LogP contribution in [0.2, 0.25) is 0 Å². The molecule has 29 heavy (non-hydrogen) atoms. The predicted octanol–water partition coefficient (Wildman–Crippen LogP) is 5.69. The molecule has 4 heteroatoms. The molecule has 0 saturated heterocycles. The van der Waals surface area contributed by atoms with Crippen LogP contribution in [0.4, 0.5) is 0 Å². The van der Waals surface area contributed by atoms with Gasteiger partial charge in [0.25, 0.3) is 6.47 Å². The number of carbonyl (C=O) groups is 2. The van der Waals surface area contributed by atoms with Crippen molar-refractivity contribution in [3.8, 4) is 0 Å². The van der Waals surface area contributed by atoms with Gasteiger partial charge in [0.2, 0.25) is 0 Å². The lowest BCUT2D eigenvalue weighted by atomic mass is 9.92. The largest absolute Gasteiger partial charge is 0.481 e. The molecule has 2 fully saturated rings. The number of hydrogen-bond donors (Lipinski definition) is 1. The number of ether oxygens (including phenoxy) is 1. The van der Waals surface area contributed by atoms with Crippen molar-refractivity contribution in [3.63, 3.8) is 0 Å². The molecular formula is C25H36O4. The van der Waals surface area contributed by atoms with Crippen molar-refractivity contribution in [2.75, 3.05) is 0 Å². The molecule has 2 aliphatic rings. The molecule has 0 atom stereocenters. The van der Waals surface area contributed by atoms with E-state index in [4.69, 9.17) is 4.74 Å². The Labute approximate surface area is 175 Å². The topological polar surface area (TPSA) is 63.6 Å². The van der Waals surface area contributed by atoms with Crippen LogP contribution in [-0.2, 0) is 27.2 Å². The number of carboxylic acids is 1. The van der Waals surface area contributed by atoms with Crippen molar-refractivity contribution in [3.05, 3.63) is 34.4 Å². The van der Waals surface area contributed by atoms with Crippen LogP contribution in [0.5, 0.6) is 0 Å². The van der Waals surface area contributed by atoms with Gasteiger partial charge in [0.05, 0.1) is 5.41 Å². The third-order valence-corrected chi connectivity index (χ3v) is 7.14. The van der Waals surface area contributed by atoms with E-state index < -0.39 is 5.97 Å². The number of unbranched alkanes of at least 4 members (excludes halogenated alkanes) is 3. The number of hydrogen-bond acceptors (Lipinski definition) is 3. The van der Waals surface area contributed by atoms with Gasteiger partial charge in [-0.25, -0.2) is 0 Å². The molecule has 0 unspecified atom stereocenters. The summed E-state index contributed by atoms with van der Waals surface area (Å²) in [5.41, 5.74) is 5.12. The van der Waals surface area contributed by atoms with Crippen molar-refractivity contribution in [2.45, 2.75) is 103 Å². The minimum atomic E-state index is -0.594. The van der Waals surface area contributed by atoms with E-state index in [0.717, 1.165) is 83.5 Å². The van der Waals surface area contributed by atoms with Gasteiger partial charge in [-0.1, -0.05) is 25.0 Å². The minimum Gasteiger partial charge on any atom is -0.481 e. The van der Waals surface area contributed by atoms with E-state index in [1.807, 2.05) is 0 Å². The van der Waals surface area contributed by atoms with E-state index in [1.54, 1.807) is 0 Å². The summed E-state index contributed by atoms with van der Waals surface area (Å²) in [6.45, 7) is 5.02. The van der Waals surface area contributed by atoms with Crippen LogP contribution >= 0.6 is 0 Å². The first-order chi connectivity index (χ1) is 13.9. The van der Waals surface area contributed by atoms with Crippen molar-refractivity contribution in [1.29, 1.82) is 0 Å². The molecule has 1 aromatic rings. The summed E-state index contributed by atoms with van der Waals surface area (Å²) in [6.07, 6.45) is 13.3. The van der Waals surface area contributed by atoms with Crippen LogP contribution in [0, 0.1) is 19.3 Å². The first-order valence-electron chi connectivity index (χ1n) is 11.3. The number of rotatable bonds is 14. The second-order valence-corrected chi connectivity index (χ2v) is 9.46. The number of aliphatic carboxylic acids is 1. The maximum atomic E-state index is 11.2. The van der Waals surface area contributed by atoms with Crippen LogP contribution < -0.4 is 0 Å².